The number of likely N-dealkylation sites (N-methyl/N-ethyl adjacent to an activating group) is 1. The van der Waals surface area contributed by atoms with Gasteiger partial charge in [-0.3, -0.25) is 9.69 Å². The maximum absolute atomic E-state index is 12.5. The second-order valence-electron chi connectivity index (χ2n) is 6.21. The van der Waals surface area contributed by atoms with Gasteiger partial charge in [0.2, 0.25) is 0 Å². The first-order valence-corrected chi connectivity index (χ1v) is 9.43. The number of aryl methyl sites for hydroxylation is 2. The first-order chi connectivity index (χ1) is 13.0. The van der Waals surface area contributed by atoms with Crippen LogP contribution in [0.25, 0.3) is 11.3 Å². The fourth-order valence-corrected chi connectivity index (χ4v) is 3.49. The van der Waals surface area contributed by atoms with Gasteiger partial charge in [0.25, 0.3) is 5.91 Å². The van der Waals surface area contributed by atoms with Crippen molar-refractivity contribution in [2.75, 3.05) is 25.7 Å². The van der Waals surface area contributed by atoms with E-state index in [-0.39, 0.29) is 12.5 Å². The Morgan fingerprint density at radius 3 is 2.41 bits per heavy atom. The molecule has 1 aromatic heterocycles. The molecular weight excluding hydrogens is 360 g/mol. The molecule has 5 nitrogen and oxygen atoms in total. The van der Waals surface area contributed by atoms with Gasteiger partial charge >= 0.3 is 0 Å². The Morgan fingerprint density at radius 2 is 1.78 bits per heavy atom. The molecule has 0 N–H and O–H groups in total. The molecule has 0 radical (unpaired) electrons. The quantitative estimate of drug-likeness (QED) is 0.631. The standard InChI is InChI=1S/C21H22N2O3S/c1-14-6-5-7-15(2)20(14)26-12-19(24)23(3)21-22-18(13-27-21)16-8-10-17(25-4)11-9-16/h5-11,13H,12H2,1-4H3. The largest absolute Gasteiger partial charge is 0.497 e. The topological polar surface area (TPSA) is 51.7 Å². The van der Waals surface area contributed by atoms with Gasteiger partial charge in [0.05, 0.1) is 12.8 Å². The molecule has 6 heteroatoms. The monoisotopic (exact) mass is 382 g/mol. The minimum atomic E-state index is -0.145. The van der Waals surface area contributed by atoms with E-state index in [1.54, 1.807) is 14.2 Å². The molecule has 0 aliphatic heterocycles. The molecule has 0 unspecified atom stereocenters. The zero-order valence-corrected chi connectivity index (χ0v) is 16.7. The van der Waals surface area contributed by atoms with Crippen LogP contribution in [0, 0.1) is 13.8 Å². The van der Waals surface area contributed by atoms with Crippen LogP contribution in [0.4, 0.5) is 5.13 Å². The van der Waals surface area contributed by atoms with Crippen LogP contribution in [0.2, 0.25) is 0 Å². The van der Waals surface area contributed by atoms with Gasteiger partial charge in [0.15, 0.2) is 11.7 Å². The molecule has 0 bridgehead atoms. The maximum Gasteiger partial charge on any atom is 0.266 e. The minimum absolute atomic E-state index is 0.0281. The molecule has 0 saturated carbocycles. The van der Waals surface area contributed by atoms with Crippen LogP contribution in [0.15, 0.2) is 47.8 Å². The third-order valence-electron chi connectivity index (χ3n) is 4.29. The van der Waals surface area contributed by atoms with Crippen LogP contribution in [0.1, 0.15) is 11.1 Å². The summed E-state index contributed by atoms with van der Waals surface area (Å²) < 4.78 is 10.9. The van der Waals surface area contributed by atoms with Crippen LogP contribution in [-0.4, -0.2) is 31.7 Å². The van der Waals surface area contributed by atoms with Crippen LogP contribution >= 0.6 is 11.3 Å². The van der Waals surface area contributed by atoms with Crippen molar-refractivity contribution in [2.45, 2.75) is 13.8 Å². The number of hydrogen-bond donors (Lipinski definition) is 0. The number of methoxy groups -OCH3 is 1. The summed E-state index contributed by atoms with van der Waals surface area (Å²) in [5.74, 6) is 1.41. The Balaban J connectivity index is 1.67. The van der Waals surface area contributed by atoms with E-state index in [9.17, 15) is 4.79 Å². The molecule has 0 aliphatic rings. The zero-order chi connectivity index (χ0) is 19.4. The third kappa shape index (κ3) is 4.28. The Kier molecular flexibility index (Phi) is 5.76. The fourth-order valence-electron chi connectivity index (χ4n) is 2.68. The van der Waals surface area contributed by atoms with Crippen molar-refractivity contribution in [3.63, 3.8) is 0 Å². The molecule has 0 fully saturated rings. The highest BCUT2D eigenvalue weighted by molar-refractivity contribution is 7.14. The molecule has 3 rings (SSSR count). The Hall–Kier alpha value is -2.86. The predicted octanol–water partition coefficient (Wildman–Crippen LogP) is 4.48. The van der Waals surface area contributed by atoms with E-state index in [0.29, 0.717) is 5.13 Å². The SMILES string of the molecule is COc1ccc(-c2csc(N(C)C(=O)COc3c(C)cccc3C)n2)cc1. The van der Waals surface area contributed by atoms with E-state index >= 15 is 0 Å². The van der Waals surface area contributed by atoms with Crippen molar-refractivity contribution in [3.8, 4) is 22.8 Å². The van der Waals surface area contributed by atoms with Gasteiger partial charge in [-0.2, -0.15) is 0 Å². The van der Waals surface area contributed by atoms with E-state index in [2.05, 4.69) is 4.98 Å². The lowest BCUT2D eigenvalue weighted by Crippen LogP contribution is -2.31. The van der Waals surface area contributed by atoms with Crippen LogP contribution < -0.4 is 14.4 Å². The number of amides is 1. The second-order valence-corrected chi connectivity index (χ2v) is 7.04. The summed E-state index contributed by atoms with van der Waals surface area (Å²) in [6.45, 7) is 3.91. The summed E-state index contributed by atoms with van der Waals surface area (Å²) in [6, 6.07) is 13.6. The third-order valence-corrected chi connectivity index (χ3v) is 5.20. The highest BCUT2D eigenvalue weighted by Gasteiger charge is 2.17. The Bertz CT molecular complexity index is 915. The molecule has 140 valence electrons. The van der Waals surface area contributed by atoms with Gasteiger partial charge < -0.3 is 9.47 Å². The lowest BCUT2D eigenvalue weighted by atomic mass is 10.1. The lowest BCUT2D eigenvalue weighted by Gasteiger charge is -2.16. The number of hydrogen-bond acceptors (Lipinski definition) is 5. The van der Waals surface area contributed by atoms with Gasteiger partial charge in [-0.05, 0) is 49.2 Å². The van der Waals surface area contributed by atoms with E-state index in [4.69, 9.17) is 9.47 Å². The second kappa shape index (κ2) is 8.22. The fraction of sp³-hybridized carbons (Fsp3) is 0.238. The van der Waals surface area contributed by atoms with Crippen molar-refractivity contribution < 1.29 is 14.3 Å². The van der Waals surface area contributed by atoms with E-state index in [0.717, 1.165) is 33.9 Å². The number of anilines is 1. The summed E-state index contributed by atoms with van der Waals surface area (Å²) in [7, 11) is 3.35. The molecular formula is C21H22N2O3S. The molecule has 3 aromatic rings. The van der Waals surface area contributed by atoms with E-state index < -0.39 is 0 Å². The summed E-state index contributed by atoms with van der Waals surface area (Å²) >= 11 is 1.43. The highest BCUT2D eigenvalue weighted by Crippen LogP contribution is 2.28. The molecule has 27 heavy (non-hydrogen) atoms. The van der Waals surface area contributed by atoms with Crippen molar-refractivity contribution in [1.82, 2.24) is 4.98 Å². The summed E-state index contributed by atoms with van der Waals surface area (Å²) in [5, 5.41) is 2.57. The van der Waals surface area contributed by atoms with Crippen LogP contribution in [0.5, 0.6) is 11.5 Å². The first-order valence-electron chi connectivity index (χ1n) is 8.55. The van der Waals surface area contributed by atoms with Crippen molar-refractivity contribution in [1.29, 1.82) is 0 Å². The number of carbonyl (C=O) groups is 1. The lowest BCUT2D eigenvalue weighted by molar-refractivity contribution is -0.120. The average Bonchev–Trinajstić information content (AvgIpc) is 3.17. The molecule has 1 heterocycles. The molecule has 0 atom stereocenters. The molecule has 0 saturated heterocycles. The van der Waals surface area contributed by atoms with E-state index in [1.165, 1.54) is 16.2 Å². The molecule has 0 spiro atoms. The predicted molar refractivity (Wildman–Crippen MR) is 109 cm³/mol. The van der Waals surface area contributed by atoms with Crippen LogP contribution in [0.3, 0.4) is 0 Å². The minimum Gasteiger partial charge on any atom is -0.497 e. The summed E-state index contributed by atoms with van der Waals surface area (Å²) in [4.78, 5) is 18.6. The van der Waals surface area contributed by atoms with Gasteiger partial charge in [0.1, 0.15) is 11.5 Å². The van der Waals surface area contributed by atoms with Gasteiger partial charge in [-0.1, -0.05) is 18.2 Å². The first kappa shape index (κ1) is 18.9. The summed E-state index contributed by atoms with van der Waals surface area (Å²) in [6.07, 6.45) is 0. The number of nitrogens with zero attached hydrogens (tertiary/aromatic N) is 2. The number of aromatic nitrogens is 1. The van der Waals surface area contributed by atoms with Crippen molar-refractivity contribution >= 4 is 22.4 Å². The van der Waals surface area contributed by atoms with Gasteiger partial charge in [-0.15, -0.1) is 11.3 Å². The van der Waals surface area contributed by atoms with Gasteiger partial charge in [0, 0.05) is 18.0 Å². The highest BCUT2D eigenvalue weighted by atomic mass is 32.1. The molecule has 2 aromatic carbocycles. The number of para-hydroxylation sites is 1. The molecule has 0 aliphatic carbocycles. The number of benzene rings is 2. The number of carbonyl (C=O) groups excluding carboxylic acids is 1. The smallest absolute Gasteiger partial charge is 0.266 e. The maximum atomic E-state index is 12.5. The number of ether oxygens (including phenoxy) is 2. The van der Waals surface area contributed by atoms with Crippen molar-refractivity contribution in [2.24, 2.45) is 0 Å². The number of thiazole rings is 1. The van der Waals surface area contributed by atoms with Crippen LogP contribution in [-0.2, 0) is 4.79 Å². The van der Waals surface area contributed by atoms with Gasteiger partial charge in [-0.25, -0.2) is 4.98 Å². The van der Waals surface area contributed by atoms with Crippen molar-refractivity contribution in [3.05, 3.63) is 59.0 Å². The Labute approximate surface area is 163 Å². The zero-order valence-electron chi connectivity index (χ0n) is 15.9. The normalized spacial score (nSPS) is 10.5. The number of rotatable bonds is 6. The average molecular weight is 382 g/mol. The summed E-state index contributed by atoms with van der Waals surface area (Å²) in [5.41, 5.74) is 3.84. The molecule has 1 amide bonds. The van der Waals surface area contributed by atoms with E-state index in [1.807, 2.05) is 61.7 Å². The Morgan fingerprint density at radius 1 is 1.11 bits per heavy atom.